The van der Waals surface area contributed by atoms with Crippen LogP contribution in [0.4, 0.5) is 11.6 Å². The molecule has 1 amide bonds. The molecule has 3 heterocycles. The fourth-order valence-electron chi connectivity index (χ4n) is 2.48. The van der Waals surface area contributed by atoms with E-state index in [4.69, 9.17) is 0 Å². The fourth-order valence-corrected chi connectivity index (χ4v) is 3.08. The van der Waals surface area contributed by atoms with Crippen LogP contribution in [0.1, 0.15) is 10.7 Å². The highest BCUT2D eigenvalue weighted by atomic mass is 32.1. The number of amides is 1. The molecule has 23 heavy (non-hydrogen) atoms. The van der Waals surface area contributed by atoms with Gasteiger partial charge in [0.15, 0.2) is 0 Å². The van der Waals surface area contributed by atoms with Crippen molar-refractivity contribution in [3.8, 4) is 0 Å². The number of piperazine rings is 1. The Morgan fingerprint density at radius 1 is 1.35 bits per heavy atom. The molecule has 2 aromatic heterocycles. The third-order valence-electron chi connectivity index (χ3n) is 3.88. The first kappa shape index (κ1) is 15.7. The van der Waals surface area contributed by atoms with Crippen molar-refractivity contribution < 1.29 is 4.79 Å². The number of likely N-dealkylation sites (N-methyl/N-ethyl adjacent to an activating group) is 1. The quantitative estimate of drug-likeness (QED) is 0.837. The molecule has 0 spiro atoms. The van der Waals surface area contributed by atoms with Gasteiger partial charge in [-0.05, 0) is 6.92 Å². The second kappa shape index (κ2) is 6.49. The summed E-state index contributed by atoms with van der Waals surface area (Å²) in [6.45, 7) is 4.56. The van der Waals surface area contributed by atoms with Crippen molar-refractivity contribution in [3.05, 3.63) is 28.5 Å². The van der Waals surface area contributed by atoms with Crippen molar-refractivity contribution >= 4 is 28.9 Å². The first-order chi connectivity index (χ1) is 11.0. The minimum absolute atomic E-state index is 0.114. The Balaban J connectivity index is 1.73. The van der Waals surface area contributed by atoms with E-state index in [2.05, 4.69) is 20.3 Å². The average Bonchev–Trinajstić information content (AvgIpc) is 2.95. The molecule has 1 aliphatic heterocycles. The molecular formula is C15H20N6OS. The summed E-state index contributed by atoms with van der Waals surface area (Å²) in [6, 6.07) is 1.93. The van der Waals surface area contributed by atoms with Gasteiger partial charge in [0.2, 0.25) is 5.91 Å². The Labute approximate surface area is 139 Å². The molecule has 0 unspecified atom stereocenters. The van der Waals surface area contributed by atoms with Crippen molar-refractivity contribution in [1.29, 1.82) is 0 Å². The molecule has 7 nitrogen and oxygen atoms in total. The molecule has 0 saturated carbocycles. The highest BCUT2D eigenvalue weighted by Crippen LogP contribution is 2.20. The Hall–Kier alpha value is -2.22. The zero-order valence-electron chi connectivity index (χ0n) is 13.6. The summed E-state index contributed by atoms with van der Waals surface area (Å²) in [5.74, 6) is 1.73. The van der Waals surface area contributed by atoms with Crippen LogP contribution in [0, 0.1) is 6.92 Å². The predicted molar refractivity (Wildman–Crippen MR) is 90.8 cm³/mol. The van der Waals surface area contributed by atoms with E-state index in [0.29, 0.717) is 19.6 Å². The van der Waals surface area contributed by atoms with Crippen LogP contribution in [0.25, 0.3) is 0 Å². The van der Waals surface area contributed by atoms with E-state index in [9.17, 15) is 4.79 Å². The van der Waals surface area contributed by atoms with E-state index in [-0.39, 0.29) is 5.91 Å². The average molecular weight is 332 g/mol. The van der Waals surface area contributed by atoms with Gasteiger partial charge >= 0.3 is 0 Å². The number of aryl methyl sites for hydroxylation is 1. The topological polar surface area (TPSA) is 65.5 Å². The zero-order chi connectivity index (χ0) is 16.4. The molecule has 0 radical (unpaired) electrons. The number of hydrogen-bond donors (Lipinski definition) is 0. The molecule has 1 saturated heterocycles. The normalized spacial score (nSPS) is 15.2. The molecule has 1 aliphatic rings. The molecule has 0 N–H and O–H groups in total. The van der Waals surface area contributed by atoms with E-state index >= 15 is 0 Å². The third kappa shape index (κ3) is 3.58. The lowest BCUT2D eigenvalue weighted by Gasteiger charge is -2.33. The standard InChI is InChI=1S/C15H20N6OS/c1-11-18-12(9-23-11)7-20(3)13-6-14(17-10-16-13)21-5-4-19(2)15(22)8-21/h6,9-10H,4-5,7-8H2,1-3H3. The van der Waals surface area contributed by atoms with Crippen molar-refractivity contribution in [3.63, 3.8) is 0 Å². The van der Waals surface area contributed by atoms with E-state index < -0.39 is 0 Å². The number of anilines is 2. The van der Waals surface area contributed by atoms with E-state index in [1.165, 1.54) is 0 Å². The maximum atomic E-state index is 11.9. The molecule has 0 aromatic carbocycles. The highest BCUT2D eigenvalue weighted by Gasteiger charge is 2.22. The molecule has 0 atom stereocenters. The first-order valence-electron chi connectivity index (χ1n) is 7.46. The van der Waals surface area contributed by atoms with Crippen molar-refractivity contribution in [1.82, 2.24) is 19.9 Å². The smallest absolute Gasteiger partial charge is 0.241 e. The summed E-state index contributed by atoms with van der Waals surface area (Å²) >= 11 is 1.65. The molecule has 2 aromatic rings. The predicted octanol–water partition coefficient (Wildman–Crippen LogP) is 1.16. The van der Waals surface area contributed by atoms with Gasteiger partial charge in [-0.25, -0.2) is 15.0 Å². The summed E-state index contributed by atoms with van der Waals surface area (Å²) in [6.07, 6.45) is 1.55. The van der Waals surface area contributed by atoms with Crippen molar-refractivity contribution in [2.75, 3.05) is 43.5 Å². The molecule has 122 valence electrons. The minimum Gasteiger partial charge on any atom is -0.354 e. The number of thiazole rings is 1. The Morgan fingerprint density at radius 3 is 2.87 bits per heavy atom. The second-order valence-corrected chi connectivity index (χ2v) is 6.75. The minimum atomic E-state index is 0.114. The van der Waals surface area contributed by atoms with E-state index in [1.54, 1.807) is 22.6 Å². The number of carbonyl (C=O) groups excluding carboxylic acids is 1. The number of hydrogen-bond acceptors (Lipinski definition) is 7. The SMILES string of the molecule is Cc1nc(CN(C)c2cc(N3CCN(C)C(=O)C3)ncn2)cs1. The molecule has 3 rings (SSSR count). The van der Waals surface area contributed by atoms with Gasteiger partial charge in [0.05, 0.1) is 23.8 Å². The molecule has 0 bridgehead atoms. The molecule has 8 heteroatoms. The van der Waals surface area contributed by atoms with Gasteiger partial charge in [-0.1, -0.05) is 0 Å². The van der Waals surface area contributed by atoms with Gasteiger partial charge in [-0.3, -0.25) is 4.79 Å². The van der Waals surface area contributed by atoms with Crippen molar-refractivity contribution in [2.24, 2.45) is 0 Å². The van der Waals surface area contributed by atoms with Gasteiger partial charge in [-0.2, -0.15) is 0 Å². The van der Waals surface area contributed by atoms with E-state index in [0.717, 1.165) is 28.9 Å². The number of nitrogens with zero attached hydrogens (tertiary/aromatic N) is 6. The first-order valence-corrected chi connectivity index (χ1v) is 8.34. The number of aromatic nitrogens is 3. The van der Waals surface area contributed by atoms with Gasteiger partial charge in [0, 0.05) is 38.6 Å². The summed E-state index contributed by atoms with van der Waals surface area (Å²) in [5, 5.41) is 3.13. The van der Waals surface area contributed by atoms with Crippen LogP contribution in [-0.4, -0.2) is 59.5 Å². The maximum absolute atomic E-state index is 11.9. The molecular weight excluding hydrogens is 312 g/mol. The zero-order valence-corrected chi connectivity index (χ0v) is 14.4. The monoisotopic (exact) mass is 332 g/mol. The van der Waals surface area contributed by atoms with Crippen LogP contribution in [-0.2, 0) is 11.3 Å². The summed E-state index contributed by atoms with van der Waals surface area (Å²) in [7, 11) is 3.81. The summed E-state index contributed by atoms with van der Waals surface area (Å²) in [4.78, 5) is 30.8. The second-order valence-electron chi connectivity index (χ2n) is 5.69. The van der Waals surface area contributed by atoms with Crippen LogP contribution in [0.5, 0.6) is 0 Å². The molecule has 0 aliphatic carbocycles. The summed E-state index contributed by atoms with van der Waals surface area (Å²) in [5.41, 5.74) is 1.03. The van der Waals surface area contributed by atoms with Gasteiger partial charge in [-0.15, -0.1) is 11.3 Å². The molecule has 1 fully saturated rings. The van der Waals surface area contributed by atoms with Gasteiger partial charge in [0.25, 0.3) is 0 Å². The number of rotatable bonds is 4. The Morgan fingerprint density at radius 2 is 2.17 bits per heavy atom. The Bertz CT molecular complexity index is 703. The van der Waals surface area contributed by atoms with Gasteiger partial charge in [0.1, 0.15) is 18.0 Å². The lowest BCUT2D eigenvalue weighted by Crippen LogP contribution is -2.48. The van der Waals surface area contributed by atoms with Crippen LogP contribution < -0.4 is 9.80 Å². The van der Waals surface area contributed by atoms with Gasteiger partial charge < -0.3 is 14.7 Å². The van der Waals surface area contributed by atoms with Crippen molar-refractivity contribution in [2.45, 2.75) is 13.5 Å². The lowest BCUT2D eigenvalue weighted by molar-refractivity contribution is -0.129. The third-order valence-corrected chi connectivity index (χ3v) is 4.70. The maximum Gasteiger partial charge on any atom is 0.241 e. The summed E-state index contributed by atoms with van der Waals surface area (Å²) < 4.78 is 0. The fraction of sp³-hybridized carbons (Fsp3) is 0.467. The van der Waals surface area contributed by atoms with Crippen LogP contribution in [0.3, 0.4) is 0 Å². The van der Waals surface area contributed by atoms with E-state index in [1.807, 2.05) is 36.9 Å². The van der Waals surface area contributed by atoms with Crippen LogP contribution in [0.2, 0.25) is 0 Å². The highest BCUT2D eigenvalue weighted by molar-refractivity contribution is 7.09. The lowest BCUT2D eigenvalue weighted by atomic mass is 10.3. The largest absolute Gasteiger partial charge is 0.354 e. The number of carbonyl (C=O) groups is 1. The van der Waals surface area contributed by atoms with Crippen LogP contribution >= 0.6 is 11.3 Å². The Kier molecular flexibility index (Phi) is 4.42. The van der Waals surface area contributed by atoms with Crippen LogP contribution in [0.15, 0.2) is 17.8 Å².